The van der Waals surface area contributed by atoms with Gasteiger partial charge in [-0.25, -0.2) is 8.78 Å². The molecular weight excluding hydrogens is 240 g/mol. The minimum Gasteiger partial charge on any atom is -0.481 e. The highest BCUT2D eigenvalue weighted by Gasteiger charge is 2.31. The molecule has 3 nitrogen and oxygen atoms in total. The van der Waals surface area contributed by atoms with E-state index in [0.29, 0.717) is 30.5 Å². The number of aryl methyl sites for hydroxylation is 1. The van der Waals surface area contributed by atoms with Gasteiger partial charge in [0, 0.05) is 24.2 Å². The highest BCUT2D eigenvalue weighted by molar-refractivity contribution is 5.70. The van der Waals surface area contributed by atoms with Crippen molar-refractivity contribution in [2.24, 2.45) is 5.92 Å². The predicted octanol–water partition coefficient (Wildman–Crippen LogP) is 2.26. The lowest BCUT2D eigenvalue weighted by molar-refractivity contribution is -0.141. The Labute approximate surface area is 104 Å². The Kier molecular flexibility index (Phi) is 3.61. The van der Waals surface area contributed by atoms with Crippen LogP contribution in [-0.2, 0) is 11.2 Å². The summed E-state index contributed by atoms with van der Waals surface area (Å²) in [5, 5.41) is 11.9. The molecule has 18 heavy (non-hydrogen) atoms. The average molecular weight is 255 g/mol. The summed E-state index contributed by atoms with van der Waals surface area (Å²) in [5.74, 6) is -2.56. The molecule has 2 atom stereocenters. The lowest BCUT2D eigenvalue weighted by Crippen LogP contribution is -2.18. The zero-order valence-corrected chi connectivity index (χ0v) is 10.0. The van der Waals surface area contributed by atoms with Gasteiger partial charge in [0.1, 0.15) is 11.6 Å². The third-order valence-corrected chi connectivity index (χ3v) is 3.40. The van der Waals surface area contributed by atoms with Gasteiger partial charge >= 0.3 is 5.97 Å². The van der Waals surface area contributed by atoms with E-state index in [0.717, 1.165) is 6.07 Å². The van der Waals surface area contributed by atoms with Crippen molar-refractivity contribution in [3.63, 3.8) is 0 Å². The second-order valence-corrected chi connectivity index (χ2v) is 4.55. The maximum atomic E-state index is 13.7. The summed E-state index contributed by atoms with van der Waals surface area (Å²) in [7, 11) is 0. The third kappa shape index (κ3) is 2.36. The second kappa shape index (κ2) is 5.02. The molecule has 2 unspecified atom stereocenters. The lowest BCUT2D eigenvalue weighted by Gasteiger charge is -2.13. The molecule has 0 amide bonds. The molecule has 1 aromatic carbocycles. The number of hydrogen-bond acceptors (Lipinski definition) is 2. The van der Waals surface area contributed by atoms with E-state index in [2.05, 4.69) is 5.32 Å². The van der Waals surface area contributed by atoms with Crippen LogP contribution in [-0.4, -0.2) is 17.6 Å². The maximum absolute atomic E-state index is 13.7. The summed E-state index contributed by atoms with van der Waals surface area (Å²) in [5.41, 5.74) is 0.809. The Balaban J connectivity index is 2.26. The molecule has 1 heterocycles. The molecule has 1 aliphatic rings. The predicted molar refractivity (Wildman–Crippen MR) is 62.2 cm³/mol. The van der Waals surface area contributed by atoms with Crippen LogP contribution >= 0.6 is 0 Å². The molecule has 5 heteroatoms. The number of carbonyl (C=O) groups is 1. The summed E-state index contributed by atoms with van der Waals surface area (Å²) in [6, 6.07) is 2.02. The number of rotatable bonds is 3. The monoisotopic (exact) mass is 255 g/mol. The Morgan fingerprint density at radius 3 is 2.72 bits per heavy atom. The van der Waals surface area contributed by atoms with E-state index in [4.69, 9.17) is 5.11 Å². The molecule has 2 rings (SSSR count). The fourth-order valence-electron chi connectivity index (χ4n) is 2.31. The van der Waals surface area contributed by atoms with E-state index in [-0.39, 0.29) is 6.04 Å². The van der Waals surface area contributed by atoms with Gasteiger partial charge in [-0.1, -0.05) is 6.92 Å². The van der Waals surface area contributed by atoms with Crippen molar-refractivity contribution >= 4 is 5.97 Å². The van der Waals surface area contributed by atoms with Crippen LogP contribution in [0.1, 0.15) is 30.5 Å². The Bertz CT molecular complexity index is 476. The first-order valence-corrected chi connectivity index (χ1v) is 5.97. The fraction of sp³-hybridized carbons (Fsp3) is 0.462. The zero-order chi connectivity index (χ0) is 13.3. The number of carboxylic acids is 1. The van der Waals surface area contributed by atoms with Crippen LogP contribution in [0.2, 0.25) is 0 Å². The van der Waals surface area contributed by atoms with E-state index in [1.807, 2.05) is 0 Å². The number of aliphatic carboxylic acids is 1. The number of halogens is 2. The molecule has 0 radical (unpaired) electrons. The SMILES string of the molecule is CCc1cc(C2CC(C(=O)O)CN2)c(F)cc1F. The Hall–Kier alpha value is -1.49. The van der Waals surface area contributed by atoms with E-state index in [1.54, 1.807) is 6.92 Å². The van der Waals surface area contributed by atoms with Gasteiger partial charge < -0.3 is 10.4 Å². The van der Waals surface area contributed by atoms with Crippen molar-refractivity contribution in [1.82, 2.24) is 5.32 Å². The zero-order valence-electron chi connectivity index (χ0n) is 10.0. The normalized spacial score (nSPS) is 23.3. The molecule has 0 bridgehead atoms. The van der Waals surface area contributed by atoms with Gasteiger partial charge in [-0.05, 0) is 24.5 Å². The van der Waals surface area contributed by atoms with E-state index < -0.39 is 23.5 Å². The smallest absolute Gasteiger partial charge is 0.307 e. The number of hydrogen-bond donors (Lipinski definition) is 2. The first kappa shape index (κ1) is 13.0. The van der Waals surface area contributed by atoms with Crippen LogP contribution in [0.4, 0.5) is 8.78 Å². The molecule has 1 aliphatic heterocycles. The van der Waals surface area contributed by atoms with Gasteiger partial charge in [0.15, 0.2) is 0 Å². The Morgan fingerprint density at radius 1 is 1.44 bits per heavy atom. The van der Waals surface area contributed by atoms with Crippen LogP contribution < -0.4 is 5.32 Å². The van der Waals surface area contributed by atoms with Gasteiger partial charge in [0.2, 0.25) is 0 Å². The Morgan fingerprint density at radius 2 is 2.17 bits per heavy atom. The third-order valence-electron chi connectivity index (χ3n) is 3.40. The van der Waals surface area contributed by atoms with Crippen LogP contribution in [0.15, 0.2) is 12.1 Å². The van der Waals surface area contributed by atoms with Crippen molar-refractivity contribution in [3.05, 3.63) is 34.9 Å². The molecule has 98 valence electrons. The largest absolute Gasteiger partial charge is 0.481 e. The van der Waals surface area contributed by atoms with Gasteiger partial charge in [0.05, 0.1) is 5.92 Å². The van der Waals surface area contributed by atoms with Crippen molar-refractivity contribution in [1.29, 1.82) is 0 Å². The molecule has 1 fully saturated rings. The fourth-order valence-corrected chi connectivity index (χ4v) is 2.31. The van der Waals surface area contributed by atoms with E-state index in [9.17, 15) is 13.6 Å². The van der Waals surface area contributed by atoms with E-state index in [1.165, 1.54) is 6.07 Å². The van der Waals surface area contributed by atoms with Crippen molar-refractivity contribution < 1.29 is 18.7 Å². The van der Waals surface area contributed by atoms with Crippen LogP contribution in [0.3, 0.4) is 0 Å². The first-order chi connectivity index (χ1) is 8.52. The molecular formula is C13H15F2NO2. The van der Waals surface area contributed by atoms with Crippen LogP contribution in [0.25, 0.3) is 0 Å². The molecule has 1 saturated heterocycles. The minimum atomic E-state index is -0.886. The molecule has 2 N–H and O–H groups in total. The molecule has 0 spiro atoms. The van der Waals surface area contributed by atoms with Crippen LogP contribution in [0, 0.1) is 17.6 Å². The van der Waals surface area contributed by atoms with Crippen LogP contribution in [0.5, 0.6) is 0 Å². The van der Waals surface area contributed by atoms with Crippen molar-refractivity contribution in [2.45, 2.75) is 25.8 Å². The average Bonchev–Trinajstić information content (AvgIpc) is 2.78. The summed E-state index contributed by atoms with van der Waals surface area (Å²) in [4.78, 5) is 10.8. The second-order valence-electron chi connectivity index (χ2n) is 4.55. The number of carboxylic acid groups (broad SMARTS) is 1. The highest BCUT2D eigenvalue weighted by Crippen LogP contribution is 2.30. The van der Waals surface area contributed by atoms with Gasteiger partial charge in [0.25, 0.3) is 0 Å². The topological polar surface area (TPSA) is 49.3 Å². The highest BCUT2D eigenvalue weighted by atomic mass is 19.1. The van der Waals surface area contributed by atoms with Crippen molar-refractivity contribution in [2.75, 3.05) is 6.54 Å². The first-order valence-electron chi connectivity index (χ1n) is 5.97. The molecule has 0 saturated carbocycles. The number of benzene rings is 1. The van der Waals surface area contributed by atoms with Gasteiger partial charge in [-0.3, -0.25) is 4.79 Å². The van der Waals surface area contributed by atoms with E-state index >= 15 is 0 Å². The summed E-state index contributed by atoms with van der Waals surface area (Å²) in [6.07, 6.45) is 0.815. The standard InChI is InChI=1S/C13H15F2NO2/c1-2-7-3-9(11(15)5-10(7)14)12-4-8(6-16-12)13(17)18/h3,5,8,12,16H,2,4,6H2,1H3,(H,17,18). The molecule has 0 aromatic heterocycles. The van der Waals surface area contributed by atoms with Gasteiger partial charge in [-0.2, -0.15) is 0 Å². The summed E-state index contributed by atoms with van der Waals surface area (Å²) in [6.45, 7) is 2.11. The number of nitrogens with one attached hydrogen (secondary N) is 1. The maximum Gasteiger partial charge on any atom is 0.307 e. The quantitative estimate of drug-likeness (QED) is 0.871. The summed E-state index contributed by atoms with van der Waals surface area (Å²) < 4.78 is 27.1. The van der Waals surface area contributed by atoms with Gasteiger partial charge in [-0.15, -0.1) is 0 Å². The molecule has 0 aliphatic carbocycles. The lowest BCUT2D eigenvalue weighted by atomic mass is 9.97. The summed E-state index contributed by atoms with van der Waals surface area (Å²) >= 11 is 0. The van der Waals surface area contributed by atoms with Crippen molar-refractivity contribution in [3.8, 4) is 0 Å². The minimum absolute atomic E-state index is 0.318. The molecule has 1 aromatic rings.